The monoisotopic (exact) mass is 344 g/mol. The van der Waals surface area contributed by atoms with Crippen LogP contribution >= 0.6 is 0 Å². The van der Waals surface area contributed by atoms with Crippen LogP contribution in [0.4, 0.5) is 5.82 Å². The Labute approximate surface area is 151 Å². The standard InChI is InChI=1S/C20H32N4O/c1-14-21-17-7-3-2-6-16(17)20(22-14)23-15-10-12-24(13-11-15)18-8-4-5-9-19(18)25/h15,18-19,25H,2-13H2,1H3,(H,21,22,23). The fraction of sp³-hybridized carbons (Fsp3) is 0.800. The van der Waals surface area contributed by atoms with Crippen molar-refractivity contribution in [2.75, 3.05) is 18.4 Å². The van der Waals surface area contributed by atoms with Gasteiger partial charge in [0.1, 0.15) is 11.6 Å². The zero-order valence-electron chi connectivity index (χ0n) is 15.5. The number of nitrogens with one attached hydrogen (secondary N) is 1. The van der Waals surface area contributed by atoms with E-state index < -0.39 is 0 Å². The van der Waals surface area contributed by atoms with Gasteiger partial charge in [0.15, 0.2) is 0 Å². The minimum Gasteiger partial charge on any atom is -0.391 e. The molecule has 1 aromatic rings. The van der Waals surface area contributed by atoms with E-state index in [1.807, 2.05) is 6.92 Å². The first kappa shape index (κ1) is 17.2. The number of nitrogens with zero attached hydrogens (tertiary/aromatic N) is 3. The lowest BCUT2D eigenvalue weighted by Gasteiger charge is -2.41. The van der Waals surface area contributed by atoms with Crippen LogP contribution in [0.3, 0.4) is 0 Å². The number of aromatic nitrogens is 2. The summed E-state index contributed by atoms with van der Waals surface area (Å²) in [5.41, 5.74) is 2.63. The van der Waals surface area contributed by atoms with Crippen molar-refractivity contribution in [1.29, 1.82) is 0 Å². The molecular weight excluding hydrogens is 312 g/mol. The van der Waals surface area contributed by atoms with Crippen LogP contribution < -0.4 is 5.32 Å². The van der Waals surface area contributed by atoms with Gasteiger partial charge in [0, 0.05) is 36.4 Å². The van der Waals surface area contributed by atoms with Crippen LogP contribution in [0.2, 0.25) is 0 Å². The first-order valence-corrected chi connectivity index (χ1v) is 10.3. The second-order valence-corrected chi connectivity index (χ2v) is 8.13. The molecule has 1 aromatic heterocycles. The SMILES string of the molecule is Cc1nc2c(c(NC3CCN(C4CCCCC4O)CC3)n1)CCCC2. The number of piperidine rings is 1. The highest BCUT2D eigenvalue weighted by molar-refractivity contribution is 5.48. The quantitative estimate of drug-likeness (QED) is 0.883. The van der Waals surface area contributed by atoms with Crippen molar-refractivity contribution in [3.63, 3.8) is 0 Å². The van der Waals surface area contributed by atoms with Crippen LogP contribution in [0.1, 0.15) is 68.4 Å². The maximum Gasteiger partial charge on any atom is 0.133 e. The third-order valence-corrected chi connectivity index (χ3v) is 6.33. The Morgan fingerprint density at radius 3 is 2.52 bits per heavy atom. The van der Waals surface area contributed by atoms with E-state index in [0.717, 1.165) is 63.3 Å². The maximum absolute atomic E-state index is 10.3. The van der Waals surface area contributed by atoms with E-state index in [0.29, 0.717) is 12.1 Å². The summed E-state index contributed by atoms with van der Waals surface area (Å²) >= 11 is 0. The van der Waals surface area contributed by atoms with E-state index >= 15 is 0 Å². The van der Waals surface area contributed by atoms with E-state index in [4.69, 9.17) is 4.98 Å². The molecule has 5 nitrogen and oxygen atoms in total. The molecule has 25 heavy (non-hydrogen) atoms. The Morgan fingerprint density at radius 2 is 1.72 bits per heavy atom. The molecule has 0 bridgehead atoms. The van der Waals surface area contributed by atoms with Crippen LogP contribution in [0.15, 0.2) is 0 Å². The normalized spacial score (nSPS) is 28.6. The maximum atomic E-state index is 10.3. The second kappa shape index (κ2) is 7.58. The largest absolute Gasteiger partial charge is 0.391 e. The lowest BCUT2D eigenvalue weighted by molar-refractivity contribution is 0.00992. The second-order valence-electron chi connectivity index (χ2n) is 8.13. The van der Waals surface area contributed by atoms with Crippen LogP contribution in [0, 0.1) is 6.92 Å². The minimum absolute atomic E-state index is 0.116. The van der Waals surface area contributed by atoms with Gasteiger partial charge in [-0.25, -0.2) is 9.97 Å². The van der Waals surface area contributed by atoms with Crippen LogP contribution in [0.5, 0.6) is 0 Å². The fourth-order valence-corrected chi connectivity index (χ4v) is 4.92. The summed E-state index contributed by atoms with van der Waals surface area (Å²) < 4.78 is 0. The first-order valence-electron chi connectivity index (χ1n) is 10.3. The van der Waals surface area contributed by atoms with E-state index in [2.05, 4.69) is 15.2 Å². The summed E-state index contributed by atoms with van der Waals surface area (Å²) in [5, 5.41) is 14.1. The van der Waals surface area contributed by atoms with Gasteiger partial charge in [0.25, 0.3) is 0 Å². The molecule has 0 amide bonds. The Bertz CT molecular complexity index is 598. The number of likely N-dealkylation sites (tertiary alicyclic amines) is 1. The third-order valence-electron chi connectivity index (χ3n) is 6.33. The smallest absolute Gasteiger partial charge is 0.133 e. The first-order chi connectivity index (χ1) is 12.2. The summed E-state index contributed by atoms with van der Waals surface area (Å²) in [6.45, 7) is 4.18. The molecule has 0 aromatic carbocycles. The van der Waals surface area contributed by atoms with Crippen molar-refractivity contribution in [3.05, 3.63) is 17.1 Å². The van der Waals surface area contributed by atoms with Gasteiger partial charge in [0.05, 0.1) is 6.10 Å². The van der Waals surface area contributed by atoms with E-state index in [1.54, 1.807) is 0 Å². The molecular formula is C20H32N4O. The topological polar surface area (TPSA) is 61.3 Å². The molecule has 2 fully saturated rings. The number of aliphatic hydroxyl groups excluding tert-OH is 1. The molecule has 1 saturated carbocycles. The van der Waals surface area contributed by atoms with Gasteiger partial charge in [-0.1, -0.05) is 12.8 Å². The molecule has 2 unspecified atom stereocenters. The number of fused-ring (bicyclic) bond motifs is 1. The Balaban J connectivity index is 1.38. The number of aliphatic hydroxyl groups is 1. The van der Waals surface area contributed by atoms with Gasteiger partial charge in [-0.3, -0.25) is 4.90 Å². The number of hydrogen-bond acceptors (Lipinski definition) is 5. The molecule has 5 heteroatoms. The molecule has 2 heterocycles. The fourth-order valence-electron chi connectivity index (χ4n) is 4.92. The van der Waals surface area contributed by atoms with Gasteiger partial charge in [-0.2, -0.15) is 0 Å². The molecule has 2 atom stereocenters. The van der Waals surface area contributed by atoms with Crippen LogP contribution in [-0.2, 0) is 12.8 Å². The van der Waals surface area contributed by atoms with E-state index in [1.165, 1.54) is 36.9 Å². The van der Waals surface area contributed by atoms with E-state index in [9.17, 15) is 5.11 Å². The molecule has 2 aliphatic carbocycles. The minimum atomic E-state index is -0.116. The highest BCUT2D eigenvalue weighted by Crippen LogP contribution is 2.29. The Morgan fingerprint density at radius 1 is 0.960 bits per heavy atom. The summed E-state index contributed by atoms with van der Waals surface area (Å²) in [6, 6.07) is 0.890. The Kier molecular flexibility index (Phi) is 5.23. The van der Waals surface area contributed by atoms with Gasteiger partial charge in [-0.05, 0) is 58.3 Å². The molecule has 138 valence electrons. The zero-order chi connectivity index (χ0) is 17.2. The number of hydrogen-bond donors (Lipinski definition) is 2. The molecule has 4 rings (SSSR count). The highest BCUT2D eigenvalue weighted by atomic mass is 16.3. The van der Waals surface area contributed by atoms with Gasteiger partial charge in [-0.15, -0.1) is 0 Å². The Hall–Kier alpha value is -1.20. The van der Waals surface area contributed by atoms with Crippen molar-refractivity contribution in [2.24, 2.45) is 0 Å². The molecule has 1 aliphatic heterocycles. The van der Waals surface area contributed by atoms with Crippen LogP contribution in [0.25, 0.3) is 0 Å². The molecule has 0 radical (unpaired) electrons. The number of anilines is 1. The average Bonchev–Trinajstić information content (AvgIpc) is 2.63. The summed E-state index contributed by atoms with van der Waals surface area (Å²) in [6.07, 6.45) is 11.5. The van der Waals surface area contributed by atoms with Crippen molar-refractivity contribution < 1.29 is 5.11 Å². The highest BCUT2D eigenvalue weighted by Gasteiger charge is 2.31. The van der Waals surface area contributed by atoms with Gasteiger partial charge >= 0.3 is 0 Å². The molecule has 0 spiro atoms. The lowest BCUT2D eigenvalue weighted by atomic mass is 9.89. The van der Waals surface area contributed by atoms with Crippen molar-refractivity contribution in [1.82, 2.24) is 14.9 Å². The molecule has 1 saturated heterocycles. The summed E-state index contributed by atoms with van der Waals surface area (Å²) in [4.78, 5) is 11.9. The lowest BCUT2D eigenvalue weighted by Crippen LogP contribution is -2.50. The van der Waals surface area contributed by atoms with Crippen molar-refractivity contribution >= 4 is 5.82 Å². The number of rotatable bonds is 3. The summed E-state index contributed by atoms with van der Waals surface area (Å²) in [5.74, 6) is 1.99. The summed E-state index contributed by atoms with van der Waals surface area (Å²) in [7, 11) is 0. The van der Waals surface area contributed by atoms with E-state index in [-0.39, 0.29) is 6.10 Å². The predicted molar refractivity (Wildman–Crippen MR) is 99.9 cm³/mol. The van der Waals surface area contributed by atoms with Crippen LogP contribution in [-0.4, -0.2) is 51.3 Å². The third kappa shape index (κ3) is 3.82. The van der Waals surface area contributed by atoms with Gasteiger partial charge < -0.3 is 10.4 Å². The molecule has 2 N–H and O–H groups in total. The van der Waals surface area contributed by atoms with Crippen molar-refractivity contribution in [2.45, 2.75) is 89.3 Å². The molecule has 3 aliphatic rings. The zero-order valence-corrected chi connectivity index (χ0v) is 15.5. The van der Waals surface area contributed by atoms with Crippen molar-refractivity contribution in [3.8, 4) is 0 Å². The predicted octanol–water partition coefficient (Wildman–Crippen LogP) is 2.84. The average molecular weight is 345 g/mol. The number of aryl methyl sites for hydroxylation is 2. The van der Waals surface area contributed by atoms with Gasteiger partial charge in [0.2, 0.25) is 0 Å².